The molecule has 2 heteroatoms. The van der Waals surface area contributed by atoms with Crippen molar-refractivity contribution in [2.75, 3.05) is 41.3 Å². The van der Waals surface area contributed by atoms with Crippen molar-refractivity contribution >= 4 is 0 Å². The van der Waals surface area contributed by atoms with Gasteiger partial charge in [0.25, 0.3) is 0 Å². The fourth-order valence-corrected chi connectivity index (χ4v) is 2.58. The third kappa shape index (κ3) is 3.25. The predicted octanol–water partition coefficient (Wildman–Crippen LogP) is 1.77. The molecule has 84 valence electrons. The van der Waals surface area contributed by atoms with Crippen LogP contribution in [0.15, 0.2) is 0 Å². The first-order valence-corrected chi connectivity index (χ1v) is 5.63. The van der Waals surface area contributed by atoms with Gasteiger partial charge in [0, 0.05) is 14.5 Å². The maximum Gasteiger partial charge on any atom is 0.0269 e. The van der Waals surface area contributed by atoms with Gasteiger partial charge in [-0.15, -0.1) is 0 Å². The minimum atomic E-state index is 0.153. The third-order valence-electron chi connectivity index (χ3n) is 3.27. The Kier molecular flexibility index (Phi) is 3.82. The van der Waals surface area contributed by atoms with Gasteiger partial charge >= 0.3 is 0 Å². The average Bonchev–Trinajstić information content (AvgIpc) is 2.31. The minimum Gasteiger partial charge on any atom is -0.309 e. The summed E-state index contributed by atoms with van der Waals surface area (Å²) in [5, 5.41) is 0. The zero-order valence-electron chi connectivity index (χ0n) is 11.3. The molecule has 1 rings (SSSR count). The van der Waals surface area contributed by atoms with Gasteiger partial charge in [-0.05, 0) is 52.4 Å². The van der Waals surface area contributed by atoms with Crippen LogP contribution in [-0.2, 0) is 0 Å². The fraction of sp³-hybridized carbons (Fsp3) is 1.00. The summed E-state index contributed by atoms with van der Waals surface area (Å²) in [5.74, 6) is 1.96. The minimum absolute atomic E-state index is 0.153. The molecule has 4 atom stereocenters. The summed E-state index contributed by atoms with van der Waals surface area (Å²) in [6.45, 7) is 4.52. The first-order valence-electron chi connectivity index (χ1n) is 6.21. The zero-order chi connectivity index (χ0) is 11.6. The summed E-state index contributed by atoms with van der Waals surface area (Å²) in [7, 11) is 8.54. The molecule has 0 aliphatic heterocycles. The smallest absolute Gasteiger partial charge is 0.0269 e. The van der Waals surface area contributed by atoms with Gasteiger partial charge in [0.2, 0.25) is 0 Å². The molecule has 4 unspecified atom stereocenters. The normalized spacial score (nSPS) is 39.5. The van der Waals surface area contributed by atoms with Crippen LogP contribution in [0.3, 0.4) is 0 Å². The molecule has 0 spiro atoms. The van der Waals surface area contributed by atoms with E-state index in [-0.39, 0.29) is 6.40 Å². The molecule has 0 radical (unpaired) electrons. The first-order chi connectivity index (χ1) is 6.91. The molecule has 0 saturated heterocycles. The van der Waals surface area contributed by atoms with Crippen LogP contribution in [0.2, 0.25) is 0 Å². The van der Waals surface area contributed by atoms with Crippen LogP contribution < -0.4 is 0 Å². The maximum absolute atomic E-state index is 8.05. The lowest BCUT2D eigenvalue weighted by Gasteiger charge is -2.28. The van der Waals surface area contributed by atoms with Crippen molar-refractivity contribution in [2.45, 2.75) is 19.7 Å². The number of hydrogen-bond donors (Lipinski definition) is 0. The topological polar surface area (TPSA) is 6.48 Å². The second kappa shape index (κ2) is 5.13. The van der Waals surface area contributed by atoms with Gasteiger partial charge in [0.05, 0.1) is 0 Å². The lowest BCUT2D eigenvalue weighted by molar-refractivity contribution is 0.202. The average molecular weight is 199 g/mol. The molecule has 0 aromatic heterocycles. The number of hydrogen-bond acceptors (Lipinski definition) is 2. The lowest BCUT2D eigenvalue weighted by atomic mass is 9.89. The van der Waals surface area contributed by atoms with E-state index in [9.17, 15) is 0 Å². The molecule has 0 aromatic rings. The predicted molar refractivity (Wildman–Crippen MR) is 62.5 cm³/mol. The van der Waals surface area contributed by atoms with E-state index in [0.717, 1.165) is 19.5 Å². The molecular weight excluding hydrogens is 172 g/mol. The van der Waals surface area contributed by atoms with Gasteiger partial charge in [-0.2, -0.15) is 0 Å². The van der Waals surface area contributed by atoms with E-state index >= 15 is 0 Å². The van der Waals surface area contributed by atoms with Crippen molar-refractivity contribution in [3.63, 3.8) is 0 Å². The molecular formula is C12H26N2. The lowest BCUT2D eigenvalue weighted by Crippen LogP contribution is -2.32. The van der Waals surface area contributed by atoms with Gasteiger partial charge in [-0.25, -0.2) is 0 Å². The zero-order valence-corrected chi connectivity index (χ0v) is 10.3. The van der Waals surface area contributed by atoms with E-state index in [1.807, 2.05) is 0 Å². The van der Waals surface area contributed by atoms with Crippen LogP contribution in [0.4, 0.5) is 0 Å². The standard InChI is InChI=1S/C12H26N2/c1-10-6-7-11(8-13(2)3)12(10)9-14(4)5/h10-12H,6-9H2,1-5H3/i6D. The second-order valence-electron chi connectivity index (χ2n) is 5.28. The molecule has 0 N–H and O–H groups in total. The molecule has 0 heterocycles. The van der Waals surface area contributed by atoms with Crippen molar-refractivity contribution in [1.82, 2.24) is 9.80 Å². The van der Waals surface area contributed by atoms with E-state index in [1.165, 1.54) is 0 Å². The SMILES string of the molecule is [2H]C1CC(CN(C)C)C(CN(C)C)C1C. The Labute approximate surface area is 90.7 Å². The first kappa shape index (κ1) is 10.4. The van der Waals surface area contributed by atoms with E-state index in [4.69, 9.17) is 1.37 Å². The van der Waals surface area contributed by atoms with Crippen LogP contribution >= 0.6 is 0 Å². The molecule has 2 nitrogen and oxygen atoms in total. The van der Waals surface area contributed by atoms with Crippen LogP contribution in [0.25, 0.3) is 0 Å². The second-order valence-corrected chi connectivity index (χ2v) is 5.28. The molecule has 1 saturated carbocycles. The molecule has 0 bridgehead atoms. The van der Waals surface area contributed by atoms with Crippen molar-refractivity contribution in [2.24, 2.45) is 17.8 Å². The highest BCUT2D eigenvalue weighted by atomic mass is 15.1. The number of nitrogens with zero attached hydrogens (tertiary/aromatic N) is 2. The van der Waals surface area contributed by atoms with Gasteiger partial charge in [-0.1, -0.05) is 13.3 Å². The van der Waals surface area contributed by atoms with Crippen LogP contribution in [0, 0.1) is 17.8 Å². The molecule has 1 fully saturated rings. The van der Waals surface area contributed by atoms with Gasteiger partial charge < -0.3 is 9.80 Å². The monoisotopic (exact) mass is 199 g/mol. The van der Waals surface area contributed by atoms with E-state index < -0.39 is 0 Å². The van der Waals surface area contributed by atoms with Crippen LogP contribution in [0.1, 0.15) is 21.1 Å². The summed E-state index contributed by atoms with van der Waals surface area (Å²) in [6.07, 6.45) is 1.23. The summed E-state index contributed by atoms with van der Waals surface area (Å²) in [4.78, 5) is 4.53. The largest absolute Gasteiger partial charge is 0.309 e. The summed E-state index contributed by atoms with van der Waals surface area (Å²) >= 11 is 0. The summed E-state index contributed by atoms with van der Waals surface area (Å²) in [6, 6.07) is 0. The van der Waals surface area contributed by atoms with Gasteiger partial charge in [0.1, 0.15) is 0 Å². The van der Waals surface area contributed by atoms with Gasteiger partial charge in [0.15, 0.2) is 0 Å². The molecule has 1 aliphatic rings. The Morgan fingerprint density at radius 1 is 1.14 bits per heavy atom. The Hall–Kier alpha value is -0.0800. The molecule has 14 heavy (non-hydrogen) atoms. The van der Waals surface area contributed by atoms with Crippen molar-refractivity contribution in [1.29, 1.82) is 0 Å². The Morgan fingerprint density at radius 2 is 1.71 bits per heavy atom. The summed E-state index contributed by atoms with van der Waals surface area (Å²) in [5.41, 5.74) is 0. The molecule has 1 aliphatic carbocycles. The summed E-state index contributed by atoms with van der Waals surface area (Å²) < 4.78 is 8.05. The highest BCUT2D eigenvalue weighted by molar-refractivity contribution is 4.85. The highest BCUT2D eigenvalue weighted by Crippen LogP contribution is 2.37. The Morgan fingerprint density at radius 3 is 2.21 bits per heavy atom. The highest BCUT2D eigenvalue weighted by Gasteiger charge is 2.33. The van der Waals surface area contributed by atoms with Crippen molar-refractivity contribution in [3.05, 3.63) is 0 Å². The number of rotatable bonds is 4. The molecule has 0 amide bonds. The quantitative estimate of drug-likeness (QED) is 0.681. The van der Waals surface area contributed by atoms with E-state index in [1.54, 1.807) is 0 Å². The molecule has 0 aromatic carbocycles. The van der Waals surface area contributed by atoms with Gasteiger partial charge in [-0.3, -0.25) is 0 Å². The Bertz CT molecular complexity index is 192. The van der Waals surface area contributed by atoms with Crippen molar-refractivity contribution < 1.29 is 1.37 Å². The third-order valence-corrected chi connectivity index (χ3v) is 3.27. The van der Waals surface area contributed by atoms with Crippen molar-refractivity contribution in [3.8, 4) is 0 Å². The maximum atomic E-state index is 8.05. The van der Waals surface area contributed by atoms with Crippen LogP contribution in [0.5, 0.6) is 0 Å². The Balaban J connectivity index is 2.60. The van der Waals surface area contributed by atoms with E-state index in [0.29, 0.717) is 17.8 Å². The van der Waals surface area contributed by atoms with Crippen LogP contribution in [-0.4, -0.2) is 51.1 Å². The fourth-order valence-electron chi connectivity index (χ4n) is 2.58. The van der Waals surface area contributed by atoms with E-state index in [2.05, 4.69) is 44.9 Å².